The highest BCUT2D eigenvalue weighted by atomic mass is 16.7. The van der Waals surface area contributed by atoms with Crippen LogP contribution in [0.3, 0.4) is 0 Å². The van der Waals surface area contributed by atoms with Crippen LogP contribution >= 0.6 is 0 Å². The van der Waals surface area contributed by atoms with E-state index in [0.717, 1.165) is 38.5 Å². The molecular weight excluding hydrogens is 356 g/mol. The Kier molecular flexibility index (Phi) is 4.13. The number of ether oxygens (including phenoxy) is 3. The third-order valence-corrected chi connectivity index (χ3v) is 9.03. The van der Waals surface area contributed by atoms with Gasteiger partial charge in [-0.3, -0.25) is 9.59 Å². The summed E-state index contributed by atoms with van der Waals surface area (Å²) >= 11 is 0. The van der Waals surface area contributed by atoms with Crippen LogP contribution in [0, 0.1) is 28.6 Å². The normalized spacial score (nSPS) is 46.5. The quantitative estimate of drug-likeness (QED) is 0.640. The molecular formula is C23H32O5. The van der Waals surface area contributed by atoms with Crippen LogP contribution in [0.15, 0.2) is 11.6 Å². The lowest BCUT2D eigenvalue weighted by Crippen LogP contribution is -2.57. The molecule has 154 valence electrons. The van der Waals surface area contributed by atoms with E-state index >= 15 is 0 Å². The van der Waals surface area contributed by atoms with Gasteiger partial charge in [0.1, 0.15) is 6.10 Å². The van der Waals surface area contributed by atoms with Gasteiger partial charge in [-0.05, 0) is 55.4 Å². The molecule has 4 aliphatic carbocycles. The Morgan fingerprint density at radius 1 is 1.07 bits per heavy atom. The van der Waals surface area contributed by atoms with Crippen molar-refractivity contribution >= 4 is 11.8 Å². The summed E-state index contributed by atoms with van der Waals surface area (Å²) in [6.07, 6.45) is 8.46. The Morgan fingerprint density at radius 3 is 2.50 bits per heavy atom. The highest BCUT2D eigenvalue weighted by Gasteiger charge is 2.68. The molecule has 5 nitrogen and oxygen atoms in total. The summed E-state index contributed by atoms with van der Waals surface area (Å²) in [5.74, 6) is 0.374. The molecule has 1 saturated heterocycles. The van der Waals surface area contributed by atoms with Gasteiger partial charge in [0.25, 0.3) is 0 Å². The molecule has 0 bridgehead atoms. The van der Waals surface area contributed by atoms with Crippen LogP contribution in [-0.2, 0) is 23.8 Å². The van der Waals surface area contributed by atoms with E-state index in [4.69, 9.17) is 14.2 Å². The van der Waals surface area contributed by atoms with E-state index in [0.29, 0.717) is 31.5 Å². The monoisotopic (exact) mass is 388 g/mol. The third-order valence-electron chi connectivity index (χ3n) is 9.03. The van der Waals surface area contributed by atoms with E-state index in [2.05, 4.69) is 13.8 Å². The van der Waals surface area contributed by atoms with E-state index in [9.17, 15) is 9.59 Å². The number of rotatable bonds is 1. The van der Waals surface area contributed by atoms with Crippen LogP contribution in [0.4, 0.5) is 0 Å². The van der Waals surface area contributed by atoms with Crippen molar-refractivity contribution in [1.29, 1.82) is 0 Å². The molecule has 1 aliphatic heterocycles. The van der Waals surface area contributed by atoms with E-state index < -0.39 is 5.79 Å². The van der Waals surface area contributed by atoms with Gasteiger partial charge in [-0.2, -0.15) is 0 Å². The van der Waals surface area contributed by atoms with Crippen molar-refractivity contribution in [2.24, 2.45) is 28.6 Å². The van der Waals surface area contributed by atoms with Crippen molar-refractivity contribution in [1.82, 2.24) is 0 Å². The Bertz CT molecular complexity index is 735. The largest absolute Gasteiger partial charge is 0.462 e. The summed E-state index contributed by atoms with van der Waals surface area (Å²) in [4.78, 5) is 24.8. The summed E-state index contributed by atoms with van der Waals surface area (Å²) in [6.45, 7) is 7.46. The van der Waals surface area contributed by atoms with Gasteiger partial charge < -0.3 is 14.2 Å². The van der Waals surface area contributed by atoms with Gasteiger partial charge in [0.2, 0.25) is 0 Å². The summed E-state index contributed by atoms with van der Waals surface area (Å²) in [6, 6.07) is 0. The number of allylic oxidation sites excluding steroid dienone is 1. The van der Waals surface area contributed by atoms with Crippen LogP contribution < -0.4 is 0 Å². The maximum atomic E-state index is 13.4. The second-order valence-electron chi connectivity index (χ2n) is 10.1. The fraction of sp³-hybridized carbons (Fsp3) is 0.826. The van der Waals surface area contributed by atoms with Crippen molar-refractivity contribution in [2.45, 2.75) is 77.6 Å². The highest BCUT2D eigenvalue weighted by Crippen LogP contribution is 2.68. The minimum absolute atomic E-state index is 0.0453. The average Bonchev–Trinajstić information content (AvgIpc) is 3.23. The molecule has 5 rings (SSSR count). The van der Waals surface area contributed by atoms with E-state index in [-0.39, 0.29) is 34.6 Å². The van der Waals surface area contributed by atoms with Crippen LogP contribution in [-0.4, -0.2) is 36.9 Å². The van der Waals surface area contributed by atoms with Crippen molar-refractivity contribution in [3.8, 4) is 0 Å². The summed E-state index contributed by atoms with van der Waals surface area (Å²) in [5.41, 5.74) is 1.18. The first-order chi connectivity index (χ1) is 13.3. The molecule has 0 aromatic carbocycles. The van der Waals surface area contributed by atoms with E-state index in [1.807, 2.05) is 6.08 Å². The molecule has 0 aromatic rings. The number of ketones is 1. The Morgan fingerprint density at radius 2 is 1.79 bits per heavy atom. The predicted octanol–water partition coefficient (Wildman–Crippen LogP) is 3.80. The number of esters is 1. The number of carbonyl (C=O) groups excluding carboxylic acids is 2. The number of carbonyl (C=O) groups is 2. The maximum Gasteiger partial charge on any atom is 0.302 e. The summed E-state index contributed by atoms with van der Waals surface area (Å²) in [7, 11) is 0. The van der Waals surface area contributed by atoms with E-state index in [1.165, 1.54) is 12.5 Å². The van der Waals surface area contributed by atoms with Gasteiger partial charge in [-0.25, -0.2) is 0 Å². The molecule has 0 radical (unpaired) electrons. The zero-order valence-corrected chi connectivity index (χ0v) is 17.3. The van der Waals surface area contributed by atoms with Crippen molar-refractivity contribution in [3.05, 3.63) is 11.6 Å². The summed E-state index contributed by atoms with van der Waals surface area (Å²) in [5, 5.41) is 0. The highest BCUT2D eigenvalue weighted by molar-refractivity contribution is 5.94. The fourth-order valence-corrected chi connectivity index (χ4v) is 7.59. The first-order valence-corrected chi connectivity index (χ1v) is 11.0. The van der Waals surface area contributed by atoms with Gasteiger partial charge in [0.05, 0.1) is 13.2 Å². The zero-order valence-electron chi connectivity index (χ0n) is 17.3. The minimum Gasteiger partial charge on any atom is -0.462 e. The van der Waals surface area contributed by atoms with Gasteiger partial charge in [-0.15, -0.1) is 0 Å². The minimum atomic E-state index is -0.471. The Labute approximate surface area is 167 Å². The Hall–Kier alpha value is -1.20. The second kappa shape index (κ2) is 6.15. The molecule has 4 fully saturated rings. The average molecular weight is 389 g/mol. The molecule has 1 heterocycles. The molecule has 0 aromatic heterocycles. The standard InChI is InChI=1S/C23H32O5/c1-14(24)28-16-4-7-21(2)15(12-16)13-19(25)20-17(21)5-8-22(3)18(20)6-9-23(22)26-10-11-27-23/h13,16-18,20H,4-12H2,1-3H3/t16-,17+,18+,20-,21+,22+/m1/s1. The van der Waals surface area contributed by atoms with E-state index in [1.54, 1.807) is 0 Å². The van der Waals surface area contributed by atoms with Crippen molar-refractivity contribution in [3.63, 3.8) is 0 Å². The lowest BCUT2D eigenvalue weighted by molar-refractivity contribution is -0.240. The molecule has 5 aliphatic rings. The van der Waals surface area contributed by atoms with Gasteiger partial charge in [-0.1, -0.05) is 19.4 Å². The third kappa shape index (κ3) is 2.38. The Balaban J connectivity index is 1.47. The van der Waals surface area contributed by atoms with Gasteiger partial charge in [0.15, 0.2) is 11.6 Å². The lowest BCUT2D eigenvalue weighted by Gasteiger charge is -2.57. The van der Waals surface area contributed by atoms with Crippen molar-refractivity contribution in [2.75, 3.05) is 13.2 Å². The number of hydrogen-bond acceptors (Lipinski definition) is 5. The van der Waals surface area contributed by atoms with Crippen LogP contribution in [0.25, 0.3) is 0 Å². The maximum absolute atomic E-state index is 13.4. The fourth-order valence-electron chi connectivity index (χ4n) is 7.59. The second-order valence-corrected chi connectivity index (χ2v) is 10.1. The topological polar surface area (TPSA) is 61.8 Å². The summed E-state index contributed by atoms with van der Waals surface area (Å²) < 4.78 is 17.8. The van der Waals surface area contributed by atoms with Gasteiger partial charge in [0, 0.05) is 31.1 Å². The number of fused-ring (bicyclic) bond motifs is 6. The molecule has 0 unspecified atom stereocenters. The molecule has 1 spiro atoms. The number of hydrogen-bond donors (Lipinski definition) is 0. The van der Waals surface area contributed by atoms with Gasteiger partial charge >= 0.3 is 5.97 Å². The molecule has 28 heavy (non-hydrogen) atoms. The predicted molar refractivity (Wildman–Crippen MR) is 102 cm³/mol. The molecule has 5 heteroatoms. The lowest BCUT2D eigenvalue weighted by atomic mass is 9.47. The first kappa shape index (κ1) is 18.8. The van der Waals surface area contributed by atoms with Crippen LogP contribution in [0.1, 0.15) is 65.7 Å². The smallest absolute Gasteiger partial charge is 0.302 e. The molecule has 0 N–H and O–H groups in total. The van der Waals surface area contributed by atoms with Crippen LogP contribution in [0.5, 0.6) is 0 Å². The molecule has 3 saturated carbocycles. The first-order valence-electron chi connectivity index (χ1n) is 11.0. The molecule has 0 amide bonds. The van der Waals surface area contributed by atoms with Crippen LogP contribution in [0.2, 0.25) is 0 Å². The molecule has 6 atom stereocenters. The zero-order chi connectivity index (χ0) is 19.7. The van der Waals surface area contributed by atoms with Crippen molar-refractivity contribution < 1.29 is 23.8 Å². The SMILES string of the molecule is CC(=O)O[C@@H]1CC[C@@]2(C)C(=CC(=O)[C@@H]3[C@@H]2CC[C@@]2(C)[C@H]3CCC23OCCO3)C1.